The van der Waals surface area contributed by atoms with Gasteiger partial charge in [0, 0.05) is 33.8 Å². The Morgan fingerprint density at radius 2 is 1.88 bits per heavy atom. The van der Waals surface area contributed by atoms with Crippen molar-refractivity contribution in [2.45, 2.75) is 39.5 Å². The average Bonchev–Trinajstić information content (AvgIpc) is 2.52. The fourth-order valence-corrected chi connectivity index (χ4v) is 4.07. The van der Waals surface area contributed by atoms with Crippen LogP contribution in [0.5, 0.6) is 0 Å². The molecule has 0 bridgehead atoms. The van der Waals surface area contributed by atoms with Crippen LogP contribution in [0.1, 0.15) is 45.1 Å². The fourth-order valence-electron chi connectivity index (χ4n) is 3.81. The third kappa shape index (κ3) is 3.30. The van der Waals surface area contributed by atoms with Crippen LogP contribution in [-0.4, -0.2) is 18.9 Å². The lowest BCUT2D eigenvalue weighted by atomic mass is 9.68. The largest absolute Gasteiger partial charge is 0.466 e. The van der Waals surface area contributed by atoms with E-state index in [1.807, 2.05) is 31.2 Å². The summed E-state index contributed by atoms with van der Waals surface area (Å²) < 4.78 is 5.97. The van der Waals surface area contributed by atoms with Crippen LogP contribution in [0.25, 0.3) is 0 Å². The summed E-state index contributed by atoms with van der Waals surface area (Å²) in [4.78, 5) is 25.4. The van der Waals surface area contributed by atoms with Gasteiger partial charge >= 0.3 is 5.97 Å². The van der Waals surface area contributed by atoms with Crippen LogP contribution in [0.3, 0.4) is 0 Å². The van der Waals surface area contributed by atoms with E-state index in [9.17, 15) is 9.59 Å². The van der Waals surface area contributed by atoms with Gasteiger partial charge in [-0.25, -0.2) is 4.79 Å². The maximum absolute atomic E-state index is 13.0. The third-order valence-electron chi connectivity index (χ3n) is 4.85. The third-order valence-corrected chi connectivity index (χ3v) is 5.38. The Morgan fingerprint density at radius 3 is 2.48 bits per heavy atom. The quantitative estimate of drug-likeness (QED) is 0.750. The molecule has 25 heavy (non-hydrogen) atoms. The number of allylic oxidation sites excluding steroid dienone is 3. The summed E-state index contributed by atoms with van der Waals surface area (Å²) in [5.74, 6) is -0.692. The zero-order valence-electron chi connectivity index (χ0n) is 14.9. The lowest BCUT2D eigenvalue weighted by Gasteiger charge is -2.39. The maximum Gasteiger partial charge on any atom is 0.336 e. The van der Waals surface area contributed by atoms with Crippen LogP contribution in [0.15, 0.2) is 51.3 Å². The van der Waals surface area contributed by atoms with E-state index in [1.54, 1.807) is 0 Å². The van der Waals surface area contributed by atoms with Crippen LogP contribution < -0.4 is 5.32 Å². The van der Waals surface area contributed by atoms with Crippen molar-refractivity contribution in [2.75, 3.05) is 7.11 Å². The van der Waals surface area contributed by atoms with E-state index in [0.29, 0.717) is 17.6 Å². The molecule has 0 saturated carbocycles. The minimum absolute atomic E-state index is 0.0871. The lowest BCUT2D eigenvalue weighted by molar-refractivity contribution is -0.136. The molecule has 1 atom stereocenters. The van der Waals surface area contributed by atoms with Gasteiger partial charge < -0.3 is 10.1 Å². The molecule has 1 aromatic rings. The van der Waals surface area contributed by atoms with E-state index in [-0.39, 0.29) is 17.1 Å². The van der Waals surface area contributed by atoms with Gasteiger partial charge in [0.25, 0.3) is 0 Å². The van der Waals surface area contributed by atoms with Crippen LogP contribution in [0.2, 0.25) is 0 Å². The highest BCUT2D eigenvalue weighted by Crippen LogP contribution is 2.46. The van der Waals surface area contributed by atoms with Gasteiger partial charge in [-0.1, -0.05) is 41.9 Å². The molecule has 4 nitrogen and oxygen atoms in total. The molecule has 0 saturated heterocycles. The summed E-state index contributed by atoms with van der Waals surface area (Å²) in [5.41, 5.74) is 3.73. The number of carbonyl (C=O) groups is 2. The fraction of sp³-hybridized carbons (Fsp3) is 0.400. The number of ketones is 1. The molecule has 0 amide bonds. The molecule has 2 aliphatic rings. The summed E-state index contributed by atoms with van der Waals surface area (Å²) in [6, 6.07) is 7.76. The molecule has 1 aliphatic heterocycles. The second kappa shape index (κ2) is 6.45. The van der Waals surface area contributed by atoms with E-state index in [1.165, 1.54) is 7.11 Å². The summed E-state index contributed by atoms with van der Waals surface area (Å²) in [5, 5.41) is 3.31. The van der Waals surface area contributed by atoms with Gasteiger partial charge in [-0.15, -0.1) is 0 Å². The molecule has 0 unspecified atom stereocenters. The highest BCUT2D eigenvalue weighted by Gasteiger charge is 2.42. The minimum atomic E-state index is -0.401. The number of hydrogen-bond acceptors (Lipinski definition) is 4. The molecule has 0 radical (unpaired) electrons. The van der Waals surface area contributed by atoms with Crippen molar-refractivity contribution < 1.29 is 14.3 Å². The van der Waals surface area contributed by atoms with E-state index in [4.69, 9.17) is 4.74 Å². The summed E-state index contributed by atoms with van der Waals surface area (Å²) >= 11 is 3.44. The highest BCUT2D eigenvalue weighted by atomic mass is 79.9. The monoisotopic (exact) mass is 403 g/mol. The molecular formula is C20H22BrNO3. The molecule has 1 heterocycles. The second-order valence-electron chi connectivity index (χ2n) is 7.47. The summed E-state index contributed by atoms with van der Waals surface area (Å²) in [6.45, 7) is 6.06. The van der Waals surface area contributed by atoms with Crippen molar-refractivity contribution in [3.8, 4) is 0 Å². The van der Waals surface area contributed by atoms with Crippen molar-refractivity contribution in [1.82, 2.24) is 5.32 Å². The SMILES string of the molecule is COC(=O)C1=C(C)NC2=C(C(=O)CC(C)(C)C2)[C@H]1c1ccc(Br)cc1. The van der Waals surface area contributed by atoms with Crippen LogP contribution >= 0.6 is 15.9 Å². The van der Waals surface area contributed by atoms with Crippen LogP contribution in [0.4, 0.5) is 0 Å². The molecule has 0 spiro atoms. The van der Waals surface area contributed by atoms with Crippen molar-refractivity contribution in [1.29, 1.82) is 0 Å². The van der Waals surface area contributed by atoms with E-state index in [0.717, 1.165) is 27.9 Å². The van der Waals surface area contributed by atoms with Crippen molar-refractivity contribution in [3.63, 3.8) is 0 Å². The highest BCUT2D eigenvalue weighted by molar-refractivity contribution is 9.10. The topological polar surface area (TPSA) is 55.4 Å². The van der Waals surface area contributed by atoms with Gasteiger partial charge in [0.2, 0.25) is 0 Å². The first-order chi connectivity index (χ1) is 11.7. The Balaban J connectivity index is 2.19. The van der Waals surface area contributed by atoms with E-state index >= 15 is 0 Å². The van der Waals surface area contributed by atoms with Gasteiger partial charge in [-0.2, -0.15) is 0 Å². The van der Waals surface area contributed by atoms with Gasteiger partial charge in [-0.05, 0) is 36.5 Å². The predicted molar refractivity (Wildman–Crippen MR) is 99.8 cm³/mol. The molecule has 3 rings (SSSR count). The van der Waals surface area contributed by atoms with Crippen molar-refractivity contribution >= 4 is 27.7 Å². The van der Waals surface area contributed by atoms with Gasteiger partial charge in [0.15, 0.2) is 5.78 Å². The molecule has 1 aromatic carbocycles. The standard InChI is InChI=1S/C20H22BrNO3/c1-11-16(19(24)25-4)17(12-5-7-13(21)8-6-12)18-14(22-11)9-20(2,3)10-15(18)23/h5-8,17,22H,9-10H2,1-4H3/t17-/m0/s1. The zero-order valence-corrected chi connectivity index (χ0v) is 16.5. The van der Waals surface area contributed by atoms with Gasteiger partial charge in [0.05, 0.1) is 12.7 Å². The second-order valence-corrected chi connectivity index (χ2v) is 8.39. The maximum atomic E-state index is 13.0. The number of esters is 1. The average molecular weight is 404 g/mol. The Labute approximate surface area is 156 Å². The first-order valence-electron chi connectivity index (χ1n) is 8.31. The molecular weight excluding hydrogens is 382 g/mol. The Kier molecular flexibility index (Phi) is 4.62. The summed E-state index contributed by atoms with van der Waals surface area (Å²) in [7, 11) is 1.37. The number of hydrogen-bond donors (Lipinski definition) is 1. The predicted octanol–water partition coefficient (Wildman–Crippen LogP) is 4.23. The zero-order chi connectivity index (χ0) is 18.4. The number of rotatable bonds is 2. The Bertz CT molecular complexity index is 803. The van der Waals surface area contributed by atoms with Crippen molar-refractivity contribution in [2.24, 2.45) is 5.41 Å². The molecule has 1 aliphatic carbocycles. The Hall–Kier alpha value is -1.88. The number of benzene rings is 1. The molecule has 0 fully saturated rings. The van der Waals surface area contributed by atoms with Crippen LogP contribution in [0, 0.1) is 5.41 Å². The van der Waals surface area contributed by atoms with Gasteiger partial charge in [0.1, 0.15) is 0 Å². The normalized spacial score (nSPS) is 22.4. The minimum Gasteiger partial charge on any atom is -0.466 e. The molecule has 1 N–H and O–H groups in total. The first kappa shape index (κ1) is 17.9. The number of ether oxygens (including phenoxy) is 1. The summed E-state index contributed by atoms with van der Waals surface area (Å²) in [6.07, 6.45) is 1.26. The van der Waals surface area contributed by atoms with Crippen molar-refractivity contribution in [3.05, 3.63) is 56.8 Å². The van der Waals surface area contributed by atoms with Crippen LogP contribution in [-0.2, 0) is 14.3 Å². The smallest absolute Gasteiger partial charge is 0.336 e. The number of carbonyl (C=O) groups excluding carboxylic acids is 2. The number of methoxy groups -OCH3 is 1. The number of halogens is 1. The lowest BCUT2D eigenvalue weighted by Crippen LogP contribution is -2.38. The number of dihydropyridines is 1. The molecule has 0 aromatic heterocycles. The van der Waals surface area contributed by atoms with E-state index < -0.39 is 5.97 Å². The number of nitrogens with one attached hydrogen (secondary N) is 1. The molecule has 132 valence electrons. The Morgan fingerprint density at radius 1 is 1.24 bits per heavy atom. The first-order valence-corrected chi connectivity index (χ1v) is 9.10. The number of Topliss-reactive ketones (excluding diaryl/α,β-unsaturated/α-hetero) is 1. The molecule has 5 heteroatoms. The van der Waals surface area contributed by atoms with Gasteiger partial charge in [-0.3, -0.25) is 4.79 Å². The van der Waals surface area contributed by atoms with E-state index in [2.05, 4.69) is 35.1 Å².